The number of aryl methyl sites for hydroxylation is 2. The van der Waals surface area contributed by atoms with Gasteiger partial charge in [-0.2, -0.15) is 0 Å². The van der Waals surface area contributed by atoms with Crippen molar-refractivity contribution in [2.24, 2.45) is 0 Å². The number of carboxylic acid groups (broad SMARTS) is 1. The summed E-state index contributed by atoms with van der Waals surface area (Å²) < 4.78 is 36.4. The molecular weight excluding hydrogens is 1310 g/mol. The maximum absolute atomic E-state index is 12.9. The molecule has 23 heteroatoms. The monoisotopic (exact) mass is 1400 g/mol. The third kappa shape index (κ3) is 19.5. The van der Waals surface area contributed by atoms with E-state index in [-0.39, 0.29) is 101 Å². The van der Waals surface area contributed by atoms with Crippen LogP contribution in [0.15, 0.2) is 141 Å². The lowest BCUT2D eigenvalue weighted by Crippen LogP contribution is -2.34. The molecule has 6 atom stereocenters. The van der Waals surface area contributed by atoms with Gasteiger partial charge in [-0.05, 0) is 135 Å². The second-order valence-corrected chi connectivity index (χ2v) is 26.4. The Labute approximate surface area is 587 Å². The number of rotatable bonds is 33. The number of ketones is 3. The van der Waals surface area contributed by atoms with Crippen LogP contribution in [0.1, 0.15) is 158 Å². The lowest BCUT2D eigenvalue weighted by Gasteiger charge is -2.19. The summed E-state index contributed by atoms with van der Waals surface area (Å²) in [5, 5.41) is 43.0. The highest BCUT2D eigenvalue weighted by atomic mass is 16.6. The van der Waals surface area contributed by atoms with Crippen molar-refractivity contribution in [3.63, 3.8) is 0 Å². The summed E-state index contributed by atoms with van der Waals surface area (Å²) in [4.78, 5) is 122. The van der Waals surface area contributed by atoms with Crippen LogP contribution in [-0.2, 0) is 83.2 Å². The minimum Gasteiger partial charge on any atom is -0.481 e. The Morgan fingerprint density at radius 3 is 1.33 bits per heavy atom. The van der Waals surface area contributed by atoms with Gasteiger partial charge in [0.15, 0.2) is 0 Å². The third-order valence-electron chi connectivity index (χ3n) is 18.7. The highest BCUT2D eigenvalue weighted by Gasteiger charge is 2.41. The van der Waals surface area contributed by atoms with Crippen molar-refractivity contribution in [1.82, 2.24) is 19.1 Å². The summed E-state index contributed by atoms with van der Waals surface area (Å²) in [7, 11) is 0. The van der Waals surface area contributed by atoms with E-state index < -0.39 is 77.3 Å². The normalized spacial score (nSPS) is 17.3. The van der Waals surface area contributed by atoms with Crippen LogP contribution >= 0.6 is 0 Å². The molecule has 0 aliphatic carbocycles. The standard InChI is InChI=1S/C42H46N2O10.C32H34N2O6.C5H8O3/c1-26(45)11-19-37(47)52-25-35-34(54-38(48)20-12-27(2)46)22-36(53-35)44-23-32(41(49)43-42(44)50)24-51-21-6-4-3-5-8-28-13-14-31-16-15-29-9-7-10-30-17-18-33(28)40(31)39(29)30;35-18-27-26(36)16-28(40-27)34-17-24(31(37)33-32(34)38)19-39-15-4-2-1-3-6-20-9-10-23-12-11-21-7-5-8-22-13-14-25(20)30(23)29(21)22;1-4(6)2-3-5(7)8/h7,9-10,13-18,23,34-36H,3-6,8,11-12,19-22,24-25H2,1-2H3,(H,43,49,50);5,7-14,17,26-28,35-36H,1-4,6,15-16,18-19H2,(H,33,37,38);2-3H2,1H3,(H,7,8)/t34-,35+,36+;26-,27+,28+;/m00./s1. The number of carboxylic acids is 1. The van der Waals surface area contributed by atoms with Gasteiger partial charge >= 0.3 is 29.3 Å². The molecule has 5 N–H and O–H groups in total. The molecule has 0 unspecified atom stereocenters. The molecule has 0 radical (unpaired) electrons. The highest BCUT2D eigenvalue weighted by Crippen LogP contribution is 2.39. The first-order valence-corrected chi connectivity index (χ1v) is 35.0. The van der Waals surface area contributed by atoms with Crippen molar-refractivity contribution in [3.05, 3.63) is 186 Å². The molecule has 0 spiro atoms. The third-order valence-corrected chi connectivity index (χ3v) is 18.7. The van der Waals surface area contributed by atoms with Crippen LogP contribution < -0.4 is 22.5 Å². The Morgan fingerprint density at radius 1 is 0.480 bits per heavy atom. The van der Waals surface area contributed by atoms with E-state index >= 15 is 0 Å². The van der Waals surface area contributed by atoms with Crippen LogP contribution in [0.5, 0.6) is 0 Å². The summed E-state index contributed by atoms with van der Waals surface area (Å²) in [6, 6.07) is 39.7. The van der Waals surface area contributed by atoms with E-state index in [1.807, 2.05) is 0 Å². The Morgan fingerprint density at radius 2 is 0.892 bits per heavy atom. The number of aliphatic hydroxyl groups is 2. The fourth-order valence-corrected chi connectivity index (χ4v) is 13.3. The van der Waals surface area contributed by atoms with Crippen molar-refractivity contribution in [2.75, 3.05) is 26.4 Å². The Hall–Kier alpha value is -9.62. The zero-order valence-corrected chi connectivity index (χ0v) is 57.7. The van der Waals surface area contributed by atoms with Crippen LogP contribution in [0.2, 0.25) is 0 Å². The summed E-state index contributed by atoms with van der Waals surface area (Å²) in [5.74, 6) is -2.59. The average Bonchev–Trinajstić information content (AvgIpc) is 0.934. The summed E-state index contributed by atoms with van der Waals surface area (Å²) >= 11 is 0. The molecule has 102 heavy (non-hydrogen) atoms. The highest BCUT2D eigenvalue weighted by molar-refractivity contribution is 6.24. The number of carbonyl (C=O) groups is 6. The van der Waals surface area contributed by atoms with Gasteiger partial charge in [0.05, 0.1) is 56.3 Å². The molecule has 4 heterocycles. The van der Waals surface area contributed by atoms with Crippen molar-refractivity contribution < 1.29 is 72.5 Å². The molecule has 23 nitrogen and oxygen atoms in total. The van der Waals surface area contributed by atoms with Crippen LogP contribution in [0.4, 0.5) is 0 Å². The number of hydrogen-bond acceptors (Lipinski definition) is 18. The molecule has 2 saturated heterocycles. The number of Topliss-reactive ketones (excluding diaryl/α,β-unsaturated/α-hetero) is 3. The number of nitrogens with zero attached hydrogens (tertiary/aromatic N) is 2. The topological polar surface area (TPSA) is 328 Å². The van der Waals surface area contributed by atoms with Gasteiger partial charge in [0.2, 0.25) is 0 Å². The Balaban J connectivity index is 0.000000205. The number of carbonyl (C=O) groups excluding carboxylic acids is 5. The number of aromatic amines is 2. The van der Waals surface area contributed by atoms with Crippen LogP contribution in [-0.4, -0.2) is 121 Å². The number of esters is 2. The van der Waals surface area contributed by atoms with Gasteiger partial charge in [-0.3, -0.25) is 43.1 Å². The molecule has 0 saturated carbocycles. The quantitative estimate of drug-likeness (QED) is 0.0145. The Bertz CT molecular complexity index is 4790. The summed E-state index contributed by atoms with van der Waals surface area (Å²) in [6.45, 7) is 4.49. The van der Waals surface area contributed by atoms with Gasteiger partial charge in [0.1, 0.15) is 54.7 Å². The van der Waals surface area contributed by atoms with Gasteiger partial charge in [-0.1, -0.05) is 135 Å². The van der Waals surface area contributed by atoms with Crippen LogP contribution in [0.25, 0.3) is 64.6 Å². The van der Waals surface area contributed by atoms with Gasteiger partial charge in [0.25, 0.3) is 11.1 Å². The van der Waals surface area contributed by atoms with E-state index in [9.17, 15) is 58.2 Å². The largest absolute Gasteiger partial charge is 0.481 e. The summed E-state index contributed by atoms with van der Waals surface area (Å²) in [5.41, 5.74) is 0.874. The van der Waals surface area contributed by atoms with Crippen LogP contribution in [0, 0.1) is 0 Å². The molecule has 10 aromatic rings. The predicted octanol–water partition coefficient (Wildman–Crippen LogP) is 11.1. The number of aliphatic hydroxyl groups excluding tert-OH is 2. The zero-order valence-electron chi connectivity index (χ0n) is 57.7. The lowest BCUT2D eigenvalue weighted by atomic mass is 9.90. The van der Waals surface area contributed by atoms with Crippen molar-refractivity contribution in [3.8, 4) is 0 Å². The molecule has 2 fully saturated rings. The maximum atomic E-state index is 12.9. The number of hydrogen-bond donors (Lipinski definition) is 5. The second-order valence-electron chi connectivity index (χ2n) is 26.4. The number of H-pyrrole nitrogens is 2. The number of aliphatic carboxylic acids is 1. The van der Waals surface area contributed by atoms with Gasteiger partial charge in [0, 0.05) is 57.7 Å². The first-order valence-electron chi connectivity index (χ1n) is 35.0. The molecule has 2 aromatic heterocycles. The molecule has 538 valence electrons. The zero-order chi connectivity index (χ0) is 72.4. The number of unbranched alkanes of at least 4 members (excludes halogenated alkanes) is 6. The molecule has 0 amide bonds. The first kappa shape index (κ1) is 75.1. The van der Waals surface area contributed by atoms with Crippen molar-refractivity contribution >= 4 is 99.9 Å². The molecule has 2 aliphatic heterocycles. The van der Waals surface area contributed by atoms with Crippen molar-refractivity contribution in [2.45, 2.75) is 186 Å². The van der Waals surface area contributed by atoms with E-state index in [0.717, 1.165) is 64.2 Å². The molecule has 12 rings (SSSR count). The maximum Gasteiger partial charge on any atom is 0.330 e. The number of nitrogens with one attached hydrogen (secondary N) is 2. The summed E-state index contributed by atoms with van der Waals surface area (Å²) in [6.07, 6.45) is 7.67. The average molecular weight is 1400 g/mol. The van der Waals surface area contributed by atoms with E-state index in [0.29, 0.717) is 18.8 Å². The van der Waals surface area contributed by atoms with Gasteiger partial charge in [-0.15, -0.1) is 0 Å². The smallest absolute Gasteiger partial charge is 0.330 e. The minimum absolute atomic E-state index is 0.00567. The van der Waals surface area contributed by atoms with Crippen LogP contribution in [0.3, 0.4) is 0 Å². The first-order chi connectivity index (χ1) is 49.2. The fraction of sp³-hybridized carbons (Fsp3) is 0.418. The van der Waals surface area contributed by atoms with Gasteiger partial charge in [-0.25, -0.2) is 9.59 Å². The van der Waals surface area contributed by atoms with E-state index in [1.54, 1.807) is 0 Å². The SMILES string of the molecule is CC(=O)CCC(=O)O.CC(=O)CCC(=O)OC[C@H]1O[C@@H](n2cc(COCCCCCCc3ccc4ccc5cccc6ccc3c4c56)c(=O)[nH]c2=O)C[C@@H]1OC(=O)CCC(C)=O.O=c1[nH]c(=O)n([C@H]2C[C@H](O)[C@@H](CO)O2)cc1COCCCCCCc1ccc2ccc3cccc4ccc1c2c34. The van der Waals surface area contributed by atoms with Crippen molar-refractivity contribution in [1.29, 1.82) is 0 Å². The molecular formula is C79H88N4O19. The number of ether oxygens (including phenoxy) is 6. The number of aromatic nitrogens is 4. The fourth-order valence-electron chi connectivity index (χ4n) is 13.3. The molecule has 8 aromatic carbocycles. The minimum atomic E-state index is -0.951. The van der Waals surface area contributed by atoms with E-state index in [4.69, 9.17) is 33.5 Å². The molecule has 0 bridgehead atoms. The van der Waals surface area contributed by atoms with E-state index in [2.05, 4.69) is 119 Å². The second kappa shape index (κ2) is 35.8. The Kier molecular flexibility index (Phi) is 26.3. The molecule has 2 aliphatic rings. The van der Waals surface area contributed by atoms with Gasteiger partial charge < -0.3 is 58.1 Å². The predicted molar refractivity (Wildman–Crippen MR) is 385 cm³/mol. The van der Waals surface area contributed by atoms with E-state index in [1.165, 1.54) is 118 Å². The number of benzene rings is 8. The lowest BCUT2D eigenvalue weighted by molar-refractivity contribution is -0.159.